The monoisotopic (exact) mass is 347 g/mol. The largest absolute Gasteiger partial charge is 0.342 e. The van der Waals surface area contributed by atoms with Crippen molar-refractivity contribution in [2.45, 2.75) is 69.3 Å². The summed E-state index contributed by atoms with van der Waals surface area (Å²) in [6, 6.07) is 2.36. The Kier molecular flexibility index (Phi) is 5.08. The molecule has 2 aromatic rings. The first-order valence-corrected chi connectivity index (χ1v) is 9.48. The number of carbonyl (C=O) groups excluding carboxylic acids is 1. The number of rotatable bonds is 4. The van der Waals surface area contributed by atoms with E-state index in [2.05, 4.69) is 15.1 Å². The molecule has 0 saturated heterocycles. The van der Waals surface area contributed by atoms with Crippen molar-refractivity contribution in [3.05, 3.63) is 17.5 Å². The molecule has 0 aromatic carbocycles. The summed E-state index contributed by atoms with van der Waals surface area (Å²) in [5.41, 5.74) is 1.92. The number of aryl methyl sites for hydroxylation is 2. The van der Waals surface area contributed by atoms with Gasteiger partial charge in [-0.05, 0) is 39.7 Å². The number of aromatic nitrogens is 4. The average molecular weight is 347 g/mol. The van der Waals surface area contributed by atoms with Gasteiger partial charge in [0.1, 0.15) is 0 Å². The van der Waals surface area contributed by atoms with Gasteiger partial charge in [0.25, 0.3) is 5.78 Å². The van der Waals surface area contributed by atoms with E-state index >= 15 is 0 Å². The SMILES string of the molecule is Cc1cc(C)n2nc(S[C@@H](C)C(=O)N(C)C3CCCCC3)nc2n1. The zero-order chi connectivity index (χ0) is 17.3. The van der Waals surface area contributed by atoms with Crippen LogP contribution in [0.15, 0.2) is 11.2 Å². The highest BCUT2D eigenvalue weighted by Crippen LogP contribution is 2.26. The van der Waals surface area contributed by atoms with Crippen molar-refractivity contribution in [1.29, 1.82) is 0 Å². The molecule has 1 fully saturated rings. The van der Waals surface area contributed by atoms with E-state index in [-0.39, 0.29) is 11.2 Å². The van der Waals surface area contributed by atoms with Gasteiger partial charge in [0, 0.05) is 24.5 Å². The topological polar surface area (TPSA) is 63.4 Å². The first-order chi connectivity index (χ1) is 11.5. The molecule has 0 bridgehead atoms. The normalized spacial score (nSPS) is 17.2. The second-order valence-electron chi connectivity index (χ2n) is 6.65. The van der Waals surface area contributed by atoms with Crippen LogP contribution in [0.5, 0.6) is 0 Å². The van der Waals surface area contributed by atoms with Gasteiger partial charge < -0.3 is 4.90 Å². The Bertz CT molecular complexity index is 738. The van der Waals surface area contributed by atoms with E-state index in [1.165, 1.54) is 31.0 Å². The zero-order valence-corrected chi connectivity index (χ0v) is 15.6. The minimum Gasteiger partial charge on any atom is -0.342 e. The van der Waals surface area contributed by atoms with Crippen LogP contribution in [-0.2, 0) is 4.79 Å². The third kappa shape index (κ3) is 3.55. The van der Waals surface area contributed by atoms with E-state index in [4.69, 9.17) is 0 Å². The second-order valence-corrected chi connectivity index (χ2v) is 7.95. The van der Waals surface area contributed by atoms with Crippen molar-refractivity contribution in [1.82, 2.24) is 24.5 Å². The Balaban J connectivity index is 1.70. The summed E-state index contributed by atoms with van der Waals surface area (Å²) in [7, 11) is 1.93. The van der Waals surface area contributed by atoms with Crippen molar-refractivity contribution >= 4 is 23.4 Å². The summed E-state index contributed by atoms with van der Waals surface area (Å²) in [5.74, 6) is 0.752. The lowest BCUT2D eigenvalue weighted by molar-refractivity contribution is -0.131. The molecule has 7 heteroatoms. The van der Waals surface area contributed by atoms with E-state index in [1.54, 1.807) is 4.52 Å². The number of hydrogen-bond acceptors (Lipinski definition) is 5. The predicted molar refractivity (Wildman–Crippen MR) is 95.2 cm³/mol. The highest BCUT2D eigenvalue weighted by atomic mass is 32.2. The Morgan fingerprint density at radius 3 is 2.71 bits per heavy atom. The summed E-state index contributed by atoms with van der Waals surface area (Å²) in [4.78, 5) is 23.5. The number of carbonyl (C=O) groups is 1. The molecule has 0 spiro atoms. The highest BCUT2D eigenvalue weighted by molar-refractivity contribution is 8.00. The summed E-state index contributed by atoms with van der Waals surface area (Å²) in [5, 5.41) is 4.89. The van der Waals surface area contributed by atoms with Crippen LogP contribution in [0.3, 0.4) is 0 Å². The fraction of sp³-hybridized carbons (Fsp3) is 0.647. The van der Waals surface area contributed by atoms with Crippen LogP contribution < -0.4 is 0 Å². The van der Waals surface area contributed by atoms with Crippen LogP contribution in [0.2, 0.25) is 0 Å². The fourth-order valence-corrected chi connectivity index (χ4v) is 4.19. The molecule has 1 aliphatic rings. The number of amides is 1. The minimum absolute atomic E-state index is 0.159. The van der Waals surface area contributed by atoms with Gasteiger partial charge in [0.15, 0.2) is 0 Å². The van der Waals surface area contributed by atoms with Crippen molar-refractivity contribution in [2.75, 3.05) is 7.05 Å². The van der Waals surface area contributed by atoms with Gasteiger partial charge in [0.05, 0.1) is 5.25 Å². The maximum Gasteiger partial charge on any atom is 0.253 e. The number of thioether (sulfide) groups is 1. The average Bonchev–Trinajstić information content (AvgIpc) is 2.96. The van der Waals surface area contributed by atoms with Gasteiger partial charge in [-0.2, -0.15) is 4.98 Å². The van der Waals surface area contributed by atoms with E-state index in [0.717, 1.165) is 24.2 Å². The molecule has 3 rings (SSSR count). The quantitative estimate of drug-likeness (QED) is 0.796. The molecule has 2 heterocycles. The van der Waals surface area contributed by atoms with E-state index in [1.807, 2.05) is 38.8 Å². The first-order valence-electron chi connectivity index (χ1n) is 8.60. The zero-order valence-electron chi connectivity index (χ0n) is 14.8. The molecule has 0 radical (unpaired) electrons. The van der Waals surface area contributed by atoms with E-state index in [9.17, 15) is 4.79 Å². The van der Waals surface area contributed by atoms with Crippen LogP contribution in [0.25, 0.3) is 5.78 Å². The van der Waals surface area contributed by atoms with Gasteiger partial charge in [-0.15, -0.1) is 5.10 Å². The molecule has 1 amide bonds. The molecule has 6 nitrogen and oxygen atoms in total. The van der Waals surface area contributed by atoms with Crippen molar-refractivity contribution in [3.8, 4) is 0 Å². The number of fused-ring (bicyclic) bond motifs is 1. The molecular weight excluding hydrogens is 322 g/mol. The predicted octanol–water partition coefficient (Wildman–Crippen LogP) is 3.01. The van der Waals surface area contributed by atoms with Gasteiger partial charge in [-0.1, -0.05) is 31.0 Å². The number of nitrogens with zero attached hydrogens (tertiary/aromatic N) is 5. The van der Waals surface area contributed by atoms with Gasteiger partial charge in [0.2, 0.25) is 11.1 Å². The Morgan fingerprint density at radius 2 is 2.00 bits per heavy atom. The molecular formula is C17H25N5OS. The fourth-order valence-electron chi connectivity index (χ4n) is 3.34. The molecule has 0 N–H and O–H groups in total. The summed E-state index contributed by atoms with van der Waals surface area (Å²) < 4.78 is 1.73. The maximum absolute atomic E-state index is 12.7. The smallest absolute Gasteiger partial charge is 0.253 e. The Hall–Kier alpha value is -1.63. The second kappa shape index (κ2) is 7.09. The van der Waals surface area contributed by atoms with Crippen molar-refractivity contribution in [2.24, 2.45) is 0 Å². The van der Waals surface area contributed by atoms with Crippen LogP contribution in [0.1, 0.15) is 50.4 Å². The third-order valence-corrected chi connectivity index (χ3v) is 5.64. The number of hydrogen-bond donors (Lipinski definition) is 0. The lowest BCUT2D eigenvalue weighted by Gasteiger charge is -2.32. The molecule has 24 heavy (non-hydrogen) atoms. The summed E-state index contributed by atoms with van der Waals surface area (Å²) >= 11 is 1.41. The third-order valence-electron chi connectivity index (χ3n) is 4.70. The molecule has 1 atom stereocenters. The van der Waals surface area contributed by atoms with Gasteiger partial charge in [-0.25, -0.2) is 9.50 Å². The lowest BCUT2D eigenvalue weighted by atomic mass is 9.94. The Morgan fingerprint density at radius 1 is 1.29 bits per heavy atom. The van der Waals surface area contributed by atoms with Crippen molar-refractivity contribution in [3.63, 3.8) is 0 Å². The maximum atomic E-state index is 12.7. The lowest BCUT2D eigenvalue weighted by Crippen LogP contribution is -2.42. The standard InChI is InChI=1S/C17H25N5OS/c1-11-10-12(2)22-16(18-11)19-17(20-22)24-13(3)15(23)21(4)14-8-6-5-7-9-14/h10,13-14H,5-9H2,1-4H3/t13-/m0/s1. The van der Waals surface area contributed by atoms with Gasteiger partial charge >= 0.3 is 0 Å². The molecule has 1 aliphatic carbocycles. The molecule has 2 aromatic heterocycles. The Labute approximate surface area is 147 Å². The highest BCUT2D eigenvalue weighted by Gasteiger charge is 2.27. The van der Waals surface area contributed by atoms with Crippen LogP contribution in [0, 0.1) is 13.8 Å². The van der Waals surface area contributed by atoms with Crippen LogP contribution in [-0.4, -0.2) is 48.7 Å². The molecule has 1 saturated carbocycles. The first kappa shape index (κ1) is 17.2. The molecule has 0 aliphatic heterocycles. The van der Waals surface area contributed by atoms with Gasteiger partial charge in [-0.3, -0.25) is 4.79 Å². The van der Waals surface area contributed by atoms with Crippen molar-refractivity contribution < 1.29 is 4.79 Å². The van der Waals surface area contributed by atoms with Crippen LogP contribution in [0.4, 0.5) is 0 Å². The summed E-state index contributed by atoms with van der Waals surface area (Å²) in [6.45, 7) is 5.86. The summed E-state index contributed by atoms with van der Waals surface area (Å²) in [6.07, 6.45) is 5.98. The van der Waals surface area contributed by atoms with E-state index in [0.29, 0.717) is 17.0 Å². The van der Waals surface area contributed by atoms with E-state index < -0.39 is 0 Å². The molecule has 130 valence electrons. The molecule has 0 unspecified atom stereocenters. The van der Waals surface area contributed by atoms with Crippen LogP contribution >= 0.6 is 11.8 Å². The minimum atomic E-state index is -0.198.